The van der Waals surface area contributed by atoms with Crippen LogP contribution in [-0.2, 0) is 11.3 Å². The van der Waals surface area contributed by atoms with Crippen molar-refractivity contribution in [2.24, 2.45) is 0 Å². The molecule has 0 radical (unpaired) electrons. The van der Waals surface area contributed by atoms with Crippen molar-refractivity contribution in [3.63, 3.8) is 0 Å². The number of amides is 1. The highest BCUT2D eigenvalue weighted by Crippen LogP contribution is 2.19. The lowest BCUT2D eigenvalue weighted by atomic mass is 10.2. The van der Waals surface area contributed by atoms with E-state index >= 15 is 0 Å². The summed E-state index contributed by atoms with van der Waals surface area (Å²) in [6.45, 7) is 3.37. The predicted molar refractivity (Wildman–Crippen MR) is 96.7 cm³/mol. The van der Waals surface area contributed by atoms with Crippen LogP contribution >= 0.6 is 15.9 Å². The van der Waals surface area contributed by atoms with Crippen molar-refractivity contribution in [3.8, 4) is 5.75 Å². The fourth-order valence-electron chi connectivity index (χ4n) is 2.32. The van der Waals surface area contributed by atoms with Crippen molar-refractivity contribution in [1.29, 1.82) is 0 Å². The zero-order chi connectivity index (χ0) is 17.5. The van der Waals surface area contributed by atoms with Crippen molar-refractivity contribution in [2.45, 2.75) is 13.5 Å². The van der Waals surface area contributed by atoms with E-state index in [2.05, 4.69) is 21.2 Å². The molecule has 0 fully saturated rings. The van der Waals surface area contributed by atoms with E-state index in [0.29, 0.717) is 13.1 Å². The van der Waals surface area contributed by atoms with Gasteiger partial charge in [-0.1, -0.05) is 35.0 Å². The maximum absolute atomic E-state index is 13.8. The third-order valence-corrected chi connectivity index (χ3v) is 4.04. The van der Waals surface area contributed by atoms with Gasteiger partial charge in [0.2, 0.25) is 5.91 Å². The van der Waals surface area contributed by atoms with Gasteiger partial charge in [-0.05, 0) is 42.4 Å². The molecular formula is C18H20BrFN2O2. The fourth-order valence-corrected chi connectivity index (χ4v) is 2.72. The van der Waals surface area contributed by atoms with E-state index in [4.69, 9.17) is 4.74 Å². The maximum Gasteiger partial charge on any atom is 0.238 e. The highest BCUT2D eigenvalue weighted by molar-refractivity contribution is 9.10. The largest absolute Gasteiger partial charge is 0.494 e. The molecule has 2 aromatic carbocycles. The Bertz CT molecular complexity index is 709. The van der Waals surface area contributed by atoms with Gasteiger partial charge in [0.05, 0.1) is 13.7 Å². The SMILES string of the molecule is CCN(CC(=O)Nc1cccc(Br)c1)Cc1ccc(OC)c(F)c1. The first-order valence-electron chi connectivity index (χ1n) is 7.62. The van der Waals surface area contributed by atoms with Crippen molar-refractivity contribution >= 4 is 27.5 Å². The van der Waals surface area contributed by atoms with E-state index in [0.717, 1.165) is 15.7 Å². The molecule has 2 aromatic rings. The van der Waals surface area contributed by atoms with Gasteiger partial charge in [-0.15, -0.1) is 0 Å². The third kappa shape index (κ3) is 5.32. The number of carbonyl (C=O) groups excluding carboxylic acids is 1. The summed E-state index contributed by atoms with van der Waals surface area (Å²) in [5.41, 5.74) is 1.53. The number of hydrogen-bond donors (Lipinski definition) is 1. The van der Waals surface area contributed by atoms with Gasteiger partial charge < -0.3 is 10.1 Å². The molecule has 0 unspecified atom stereocenters. The van der Waals surface area contributed by atoms with Gasteiger partial charge in [0.15, 0.2) is 11.6 Å². The second kappa shape index (κ2) is 8.80. The van der Waals surface area contributed by atoms with E-state index in [1.807, 2.05) is 36.1 Å². The van der Waals surface area contributed by atoms with E-state index in [1.54, 1.807) is 12.1 Å². The van der Waals surface area contributed by atoms with Crippen molar-refractivity contribution in [3.05, 3.63) is 58.3 Å². The number of hydrogen-bond acceptors (Lipinski definition) is 3. The second-order valence-corrected chi connectivity index (χ2v) is 6.25. The van der Waals surface area contributed by atoms with Crippen LogP contribution in [0.3, 0.4) is 0 Å². The summed E-state index contributed by atoms with van der Waals surface area (Å²) in [5, 5.41) is 2.86. The van der Waals surface area contributed by atoms with Gasteiger partial charge >= 0.3 is 0 Å². The molecule has 0 spiro atoms. The molecule has 0 saturated heterocycles. The first-order valence-corrected chi connectivity index (χ1v) is 8.41. The predicted octanol–water partition coefficient (Wildman–Crippen LogP) is 4.06. The number of rotatable bonds is 7. The van der Waals surface area contributed by atoms with Crippen molar-refractivity contribution in [2.75, 3.05) is 25.5 Å². The number of halogens is 2. The van der Waals surface area contributed by atoms with Gasteiger partial charge in [-0.3, -0.25) is 9.69 Å². The zero-order valence-electron chi connectivity index (χ0n) is 13.7. The molecule has 0 heterocycles. The first kappa shape index (κ1) is 18.4. The monoisotopic (exact) mass is 394 g/mol. The Balaban J connectivity index is 1.96. The van der Waals surface area contributed by atoms with Crippen LogP contribution < -0.4 is 10.1 Å². The van der Waals surface area contributed by atoms with E-state index < -0.39 is 5.82 Å². The molecule has 0 aromatic heterocycles. The molecule has 0 bridgehead atoms. The lowest BCUT2D eigenvalue weighted by molar-refractivity contribution is -0.117. The minimum Gasteiger partial charge on any atom is -0.494 e. The molecule has 128 valence electrons. The number of benzene rings is 2. The summed E-state index contributed by atoms with van der Waals surface area (Å²) in [4.78, 5) is 14.1. The minimum atomic E-state index is -0.398. The number of likely N-dealkylation sites (N-methyl/N-ethyl adjacent to an activating group) is 1. The normalized spacial score (nSPS) is 10.7. The summed E-state index contributed by atoms with van der Waals surface area (Å²) in [6.07, 6.45) is 0. The van der Waals surface area contributed by atoms with Crippen LogP contribution in [0.1, 0.15) is 12.5 Å². The van der Waals surface area contributed by atoms with Gasteiger partial charge in [0.25, 0.3) is 0 Å². The van der Waals surface area contributed by atoms with Crippen LogP contribution in [0.5, 0.6) is 5.75 Å². The van der Waals surface area contributed by atoms with E-state index in [9.17, 15) is 9.18 Å². The summed E-state index contributed by atoms with van der Waals surface area (Å²) in [6, 6.07) is 12.3. The Kier molecular flexibility index (Phi) is 6.75. The average Bonchev–Trinajstić information content (AvgIpc) is 2.54. The Morgan fingerprint density at radius 3 is 2.71 bits per heavy atom. The fraction of sp³-hybridized carbons (Fsp3) is 0.278. The Morgan fingerprint density at radius 1 is 1.29 bits per heavy atom. The van der Waals surface area contributed by atoms with Gasteiger partial charge in [-0.25, -0.2) is 4.39 Å². The van der Waals surface area contributed by atoms with Crippen LogP contribution in [0.4, 0.5) is 10.1 Å². The highest BCUT2D eigenvalue weighted by Gasteiger charge is 2.12. The minimum absolute atomic E-state index is 0.107. The number of ether oxygens (including phenoxy) is 1. The molecule has 0 aliphatic heterocycles. The van der Waals surface area contributed by atoms with Gasteiger partial charge in [-0.2, -0.15) is 0 Å². The van der Waals surface area contributed by atoms with Crippen LogP contribution in [-0.4, -0.2) is 31.0 Å². The second-order valence-electron chi connectivity index (χ2n) is 5.33. The lowest BCUT2D eigenvalue weighted by Gasteiger charge is -2.20. The number of carbonyl (C=O) groups is 1. The molecule has 2 rings (SSSR count). The number of anilines is 1. The maximum atomic E-state index is 13.8. The summed E-state index contributed by atoms with van der Waals surface area (Å²) < 4.78 is 19.6. The Hall–Kier alpha value is -1.92. The molecule has 0 atom stereocenters. The van der Waals surface area contributed by atoms with E-state index in [1.165, 1.54) is 13.2 Å². The van der Waals surface area contributed by atoms with Gasteiger partial charge in [0.1, 0.15) is 0 Å². The van der Waals surface area contributed by atoms with Crippen LogP contribution in [0.2, 0.25) is 0 Å². The zero-order valence-corrected chi connectivity index (χ0v) is 15.3. The lowest BCUT2D eigenvalue weighted by Crippen LogP contribution is -2.32. The molecule has 0 aliphatic carbocycles. The standard InChI is InChI=1S/C18H20BrFN2O2/c1-3-22(11-13-7-8-17(24-2)16(20)9-13)12-18(23)21-15-6-4-5-14(19)10-15/h4-10H,3,11-12H2,1-2H3,(H,21,23). The smallest absolute Gasteiger partial charge is 0.238 e. The topological polar surface area (TPSA) is 41.6 Å². The number of nitrogens with one attached hydrogen (secondary N) is 1. The summed E-state index contributed by atoms with van der Waals surface area (Å²) in [7, 11) is 1.43. The number of nitrogens with zero attached hydrogens (tertiary/aromatic N) is 1. The van der Waals surface area contributed by atoms with Crippen LogP contribution in [0.15, 0.2) is 46.9 Å². The van der Waals surface area contributed by atoms with Crippen LogP contribution in [0.25, 0.3) is 0 Å². The molecule has 4 nitrogen and oxygen atoms in total. The summed E-state index contributed by atoms with van der Waals surface area (Å²) in [5.74, 6) is -0.289. The molecule has 6 heteroatoms. The molecule has 0 aliphatic rings. The Labute approximate surface area is 149 Å². The molecule has 0 saturated carbocycles. The van der Waals surface area contributed by atoms with Crippen molar-refractivity contribution in [1.82, 2.24) is 4.90 Å². The first-order chi connectivity index (χ1) is 11.5. The highest BCUT2D eigenvalue weighted by atomic mass is 79.9. The van der Waals surface area contributed by atoms with Crippen LogP contribution in [0, 0.1) is 5.82 Å². The number of methoxy groups -OCH3 is 1. The summed E-state index contributed by atoms with van der Waals surface area (Å²) >= 11 is 3.37. The van der Waals surface area contributed by atoms with Gasteiger partial charge in [0, 0.05) is 16.7 Å². The molecule has 1 N–H and O–H groups in total. The molecular weight excluding hydrogens is 375 g/mol. The Morgan fingerprint density at radius 2 is 2.08 bits per heavy atom. The quantitative estimate of drug-likeness (QED) is 0.769. The molecule has 24 heavy (non-hydrogen) atoms. The van der Waals surface area contributed by atoms with Crippen molar-refractivity contribution < 1.29 is 13.9 Å². The molecule has 1 amide bonds. The van der Waals surface area contributed by atoms with E-state index in [-0.39, 0.29) is 18.2 Å². The third-order valence-electron chi connectivity index (χ3n) is 3.55. The average molecular weight is 395 g/mol.